The van der Waals surface area contributed by atoms with Crippen LogP contribution in [0.3, 0.4) is 0 Å². The Labute approximate surface area is 188 Å². The van der Waals surface area contributed by atoms with Gasteiger partial charge in [-0.3, -0.25) is 9.59 Å². The third-order valence-corrected chi connectivity index (χ3v) is 5.06. The van der Waals surface area contributed by atoms with Crippen molar-refractivity contribution < 1.29 is 41.8 Å². The van der Waals surface area contributed by atoms with Crippen molar-refractivity contribution in [2.75, 3.05) is 20.8 Å². The summed E-state index contributed by atoms with van der Waals surface area (Å²) in [5, 5.41) is 2.50. The molecule has 33 heavy (non-hydrogen) atoms. The molecule has 0 aliphatic rings. The standard InChI is InChI=1S/C23H24F3NO6/c1-15(18(20(29)31-2)14-27-19(28)16-10-6-4-7-11-16)33-21(30)22(32-3,23(24,25)26)17-12-8-5-9-13-17/h4-13,15,18H,14H2,1-3H3,(H,27,28)/t15-,18-,22+/m0/s1. The van der Waals surface area contributed by atoms with E-state index in [1.54, 1.807) is 30.3 Å². The number of hydrogen-bond donors (Lipinski definition) is 1. The number of alkyl halides is 3. The van der Waals surface area contributed by atoms with Crippen molar-refractivity contribution in [3.8, 4) is 0 Å². The Hall–Kier alpha value is -3.40. The van der Waals surface area contributed by atoms with Crippen LogP contribution in [0.1, 0.15) is 22.8 Å². The third kappa shape index (κ3) is 5.70. The maximum Gasteiger partial charge on any atom is 0.432 e. The van der Waals surface area contributed by atoms with E-state index in [0.29, 0.717) is 5.56 Å². The van der Waals surface area contributed by atoms with Gasteiger partial charge in [-0.15, -0.1) is 0 Å². The summed E-state index contributed by atoms with van der Waals surface area (Å²) in [6, 6.07) is 14.4. The molecule has 3 atom stereocenters. The lowest BCUT2D eigenvalue weighted by Gasteiger charge is -2.34. The first kappa shape index (κ1) is 25.9. The Balaban J connectivity index is 2.25. The minimum absolute atomic E-state index is 0.310. The van der Waals surface area contributed by atoms with Gasteiger partial charge in [0.1, 0.15) is 12.0 Å². The number of halogens is 3. The van der Waals surface area contributed by atoms with Crippen LogP contribution in [0.15, 0.2) is 60.7 Å². The SMILES string of the molecule is COC(=O)[C@@H](CNC(=O)c1ccccc1)[C@H](C)OC(=O)[C@](OC)(c1ccccc1)C(F)(F)F. The monoisotopic (exact) mass is 467 g/mol. The number of carbonyl (C=O) groups excluding carboxylic acids is 3. The molecule has 0 aliphatic carbocycles. The average molecular weight is 467 g/mol. The third-order valence-electron chi connectivity index (χ3n) is 5.06. The minimum Gasteiger partial charge on any atom is -0.469 e. The van der Waals surface area contributed by atoms with E-state index in [1.807, 2.05) is 0 Å². The summed E-state index contributed by atoms with van der Waals surface area (Å²) in [4.78, 5) is 37.4. The van der Waals surface area contributed by atoms with Gasteiger partial charge in [0.2, 0.25) is 0 Å². The number of rotatable bonds is 9. The van der Waals surface area contributed by atoms with E-state index in [0.717, 1.165) is 26.4 Å². The Morgan fingerprint density at radius 3 is 1.97 bits per heavy atom. The van der Waals surface area contributed by atoms with Gasteiger partial charge in [0.15, 0.2) is 0 Å². The molecule has 0 saturated heterocycles. The summed E-state index contributed by atoms with van der Waals surface area (Å²) in [6.07, 6.45) is -6.55. The zero-order chi connectivity index (χ0) is 24.6. The topological polar surface area (TPSA) is 90.9 Å². The van der Waals surface area contributed by atoms with Crippen molar-refractivity contribution in [3.05, 3.63) is 71.8 Å². The molecule has 2 rings (SSSR count). The maximum atomic E-state index is 14.1. The molecule has 7 nitrogen and oxygen atoms in total. The molecule has 0 aliphatic heterocycles. The highest BCUT2D eigenvalue weighted by molar-refractivity contribution is 5.94. The Morgan fingerprint density at radius 2 is 1.48 bits per heavy atom. The molecule has 2 aromatic carbocycles. The molecule has 0 radical (unpaired) electrons. The lowest BCUT2D eigenvalue weighted by atomic mass is 9.92. The van der Waals surface area contributed by atoms with Gasteiger partial charge in [0, 0.05) is 24.8 Å². The number of ether oxygens (including phenoxy) is 3. The van der Waals surface area contributed by atoms with Gasteiger partial charge in [0.05, 0.1) is 7.11 Å². The lowest BCUT2D eigenvalue weighted by Crippen LogP contribution is -2.53. The quantitative estimate of drug-likeness (QED) is 0.570. The first-order chi connectivity index (χ1) is 15.6. The molecule has 1 amide bonds. The van der Waals surface area contributed by atoms with Crippen LogP contribution in [0.2, 0.25) is 0 Å². The number of benzene rings is 2. The highest BCUT2D eigenvalue weighted by atomic mass is 19.4. The largest absolute Gasteiger partial charge is 0.469 e. The Kier molecular flexibility index (Phi) is 8.58. The summed E-state index contributed by atoms with van der Waals surface area (Å²) in [5.74, 6) is -4.42. The van der Waals surface area contributed by atoms with Gasteiger partial charge in [-0.1, -0.05) is 48.5 Å². The van der Waals surface area contributed by atoms with Crippen molar-refractivity contribution in [2.24, 2.45) is 5.92 Å². The van der Waals surface area contributed by atoms with Crippen LogP contribution in [0.5, 0.6) is 0 Å². The molecule has 0 spiro atoms. The van der Waals surface area contributed by atoms with E-state index in [1.165, 1.54) is 25.1 Å². The van der Waals surface area contributed by atoms with E-state index in [2.05, 4.69) is 14.8 Å². The second kappa shape index (κ2) is 11.0. The molecule has 10 heteroatoms. The summed E-state index contributed by atoms with van der Waals surface area (Å²) in [7, 11) is 1.81. The number of nitrogens with one attached hydrogen (secondary N) is 1. The van der Waals surface area contributed by atoms with Gasteiger partial charge < -0.3 is 19.5 Å². The highest BCUT2D eigenvalue weighted by Gasteiger charge is 2.64. The van der Waals surface area contributed by atoms with Crippen LogP contribution in [-0.2, 0) is 29.4 Å². The molecular weight excluding hydrogens is 443 g/mol. The second-order valence-electron chi connectivity index (χ2n) is 7.07. The predicted octanol–water partition coefficient (Wildman–Crippen LogP) is 3.24. The molecule has 0 fully saturated rings. The fraction of sp³-hybridized carbons (Fsp3) is 0.348. The van der Waals surface area contributed by atoms with Crippen LogP contribution >= 0.6 is 0 Å². The fourth-order valence-electron chi connectivity index (χ4n) is 3.21. The number of hydrogen-bond acceptors (Lipinski definition) is 6. The molecule has 1 N–H and O–H groups in total. The normalized spacial score (nSPS) is 15.0. The van der Waals surface area contributed by atoms with E-state index in [4.69, 9.17) is 4.74 Å². The number of methoxy groups -OCH3 is 2. The number of esters is 2. The summed E-state index contributed by atoms with van der Waals surface area (Å²) < 4.78 is 56.6. The van der Waals surface area contributed by atoms with E-state index in [9.17, 15) is 27.6 Å². The van der Waals surface area contributed by atoms with Crippen LogP contribution in [-0.4, -0.2) is 50.9 Å². The van der Waals surface area contributed by atoms with Crippen LogP contribution in [0.25, 0.3) is 0 Å². The van der Waals surface area contributed by atoms with Crippen molar-refractivity contribution in [3.63, 3.8) is 0 Å². The maximum absolute atomic E-state index is 14.1. The first-order valence-electron chi connectivity index (χ1n) is 9.88. The molecule has 178 valence electrons. The van der Waals surface area contributed by atoms with Crippen LogP contribution in [0, 0.1) is 5.92 Å². The zero-order valence-corrected chi connectivity index (χ0v) is 18.2. The van der Waals surface area contributed by atoms with Crippen molar-refractivity contribution >= 4 is 17.8 Å². The van der Waals surface area contributed by atoms with Gasteiger partial charge in [0.25, 0.3) is 11.5 Å². The summed E-state index contributed by atoms with van der Waals surface area (Å²) in [5.41, 5.74) is -3.58. The summed E-state index contributed by atoms with van der Waals surface area (Å²) in [6.45, 7) is 0.891. The molecule has 2 aromatic rings. The fourth-order valence-corrected chi connectivity index (χ4v) is 3.21. The molecular formula is C23H24F3NO6. The van der Waals surface area contributed by atoms with Crippen molar-refractivity contribution in [1.82, 2.24) is 5.32 Å². The van der Waals surface area contributed by atoms with Gasteiger partial charge in [-0.2, -0.15) is 13.2 Å². The van der Waals surface area contributed by atoms with Crippen LogP contribution in [0.4, 0.5) is 13.2 Å². The van der Waals surface area contributed by atoms with E-state index >= 15 is 0 Å². The molecule has 0 bridgehead atoms. The zero-order valence-electron chi connectivity index (χ0n) is 18.2. The minimum atomic E-state index is -5.16. The van der Waals surface area contributed by atoms with E-state index in [-0.39, 0.29) is 6.54 Å². The van der Waals surface area contributed by atoms with Crippen LogP contribution < -0.4 is 5.32 Å². The average Bonchev–Trinajstić information content (AvgIpc) is 2.80. The Morgan fingerprint density at radius 1 is 0.939 bits per heavy atom. The smallest absolute Gasteiger partial charge is 0.432 e. The number of amides is 1. The molecule has 0 unspecified atom stereocenters. The second-order valence-corrected chi connectivity index (χ2v) is 7.07. The number of carbonyl (C=O) groups is 3. The van der Waals surface area contributed by atoms with Crippen molar-refractivity contribution in [2.45, 2.75) is 24.8 Å². The van der Waals surface area contributed by atoms with Crippen molar-refractivity contribution in [1.29, 1.82) is 0 Å². The molecule has 0 saturated carbocycles. The first-order valence-corrected chi connectivity index (χ1v) is 9.88. The van der Waals surface area contributed by atoms with Gasteiger partial charge >= 0.3 is 18.1 Å². The van der Waals surface area contributed by atoms with E-state index < -0.39 is 47.2 Å². The van der Waals surface area contributed by atoms with Gasteiger partial charge in [-0.25, -0.2) is 4.79 Å². The highest BCUT2D eigenvalue weighted by Crippen LogP contribution is 2.43. The Bertz CT molecular complexity index is 952. The molecule has 0 heterocycles. The predicted molar refractivity (Wildman–Crippen MR) is 111 cm³/mol. The lowest BCUT2D eigenvalue weighted by molar-refractivity contribution is -0.278. The van der Waals surface area contributed by atoms with Gasteiger partial charge in [-0.05, 0) is 19.1 Å². The summed E-state index contributed by atoms with van der Waals surface area (Å²) >= 11 is 0. The molecule has 0 aromatic heterocycles.